The number of rotatable bonds is 4. The molecule has 0 saturated carbocycles. The van der Waals surface area contributed by atoms with Gasteiger partial charge in [0.05, 0.1) is 0 Å². The number of aromatic nitrogens is 2. The molecule has 120 valence electrons. The molecule has 2 aromatic heterocycles. The summed E-state index contributed by atoms with van der Waals surface area (Å²) in [6, 6.07) is 26.9. The highest BCUT2D eigenvalue weighted by Gasteiger charge is 2.01. The molecule has 0 aliphatic rings. The van der Waals surface area contributed by atoms with E-state index in [1.165, 1.54) is 11.1 Å². The molecule has 0 radical (unpaired) electrons. The van der Waals surface area contributed by atoms with Crippen molar-refractivity contribution >= 4 is 28.9 Å². The fourth-order valence-electron chi connectivity index (χ4n) is 2.85. The van der Waals surface area contributed by atoms with Gasteiger partial charge >= 0.3 is 0 Å². The van der Waals surface area contributed by atoms with E-state index in [0.29, 0.717) is 0 Å². The second kappa shape index (κ2) is 7.02. The molecule has 0 fully saturated rings. The Hall–Kier alpha value is -3.39. The van der Waals surface area contributed by atoms with Crippen LogP contribution in [-0.2, 0) is 0 Å². The first-order valence-electron chi connectivity index (χ1n) is 8.32. The van der Waals surface area contributed by atoms with Crippen LogP contribution in [0.4, 0.5) is 0 Å². The van der Waals surface area contributed by atoms with Crippen LogP contribution in [0.3, 0.4) is 0 Å². The lowest BCUT2D eigenvalue weighted by Gasteiger charge is -2.04. The molecule has 0 atom stereocenters. The van der Waals surface area contributed by atoms with Crippen LogP contribution >= 0.6 is 0 Å². The Balaban J connectivity index is 1.75. The quantitative estimate of drug-likeness (QED) is 0.345. The second-order valence-electron chi connectivity index (χ2n) is 5.83. The predicted octanol–water partition coefficient (Wildman–Crippen LogP) is 5.75. The molecule has 0 aliphatic carbocycles. The van der Waals surface area contributed by atoms with E-state index in [4.69, 9.17) is 0 Å². The normalized spacial score (nSPS) is 12.1. The molecule has 0 aliphatic heterocycles. The minimum Gasteiger partial charge on any atom is -0.308 e. The number of pyridine rings is 1. The summed E-state index contributed by atoms with van der Waals surface area (Å²) in [6.45, 7) is 0. The molecule has 0 bridgehead atoms. The van der Waals surface area contributed by atoms with Crippen molar-refractivity contribution in [2.45, 2.75) is 0 Å². The first-order chi connectivity index (χ1) is 12.4. The summed E-state index contributed by atoms with van der Waals surface area (Å²) >= 11 is 0. The Morgan fingerprint density at radius 3 is 2.36 bits per heavy atom. The molecular formula is C23H18N2. The monoisotopic (exact) mass is 322 g/mol. The van der Waals surface area contributed by atoms with Gasteiger partial charge in [0.2, 0.25) is 0 Å². The Morgan fingerprint density at radius 1 is 0.800 bits per heavy atom. The summed E-state index contributed by atoms with van der Waals surface area (Å²) in [4.78, 5) is 4.47. The van der Waals surface area contributed by atoms with E-state index >= 15 is 0 Å². The third kappa shape index (κ3) is 3.43. The van der Waals surface area contributed by atoms with Gasteiger partial charge in [0.15, 0.2) is 0 Å². The Morgan fingerprint density at radius 2 is 1.56 bits per heavy atom. The van der Waals surface area contributed by atoms with Crippen molar-refractivity contribution in [2.24, 2.45) is 0 Å². The van der Waals surface area contributed by atoms with Gasteiger partial charge in [-0.3, -0.25) is 0 Å². The Labute approximate surface area is 147 Å². The summed E-state index contributed by atoms with van der Waals surface area (Å²) in [6.07, 6.45) is 10.3. The smallest absolute Gasteiger partial charge is 0.143 e. The van der Waals surface area contributed by atoms with Gasteiger partial charge < -0.3 is 4.57 Å². The van der Waals surface area contributed by atoms with E-state index in [0.717, 1.165) is 16.6 Å². The lowest BCUT2D eigenvalue weighted by molar-refractivity contribution is 1.17. The SMILES string of the molecule is C(=C(\C=C\n1ccc2cccnc21)c1ccccc1)/c1ccccc1. The Kier molecular flexibility index (Phi) is 4.25. The number of hydrogen-bond donors (Lipinski definition) is 0. The van der Waals surface area contributed by atoms with E-state index in [2.05, 4.69) is 88.6 Å². The van der Waals surface area contributed by atoms with Crippen LogP contribution in [0.25, 0.3) is 28.9 Å². The van der Waals surface area contributed by atoms with Crippen molar-refractivity contribution in [2.75, 3.05) is 0 Å². The van der Waals surface area contributed by atoms with E-state index in [1.54, 1.807) is 0 Å². The first-order valence-corrected chi connectivity index (χ1v) is 8.32. The van der Waals surface area contributed by atoms with Crippen LogP contribution in [-0.4, -0.2) is 9.55 Å². The summed E-state index contributed by atoms with van der Waals surface area (Å²) < 4.78 is 2.05. The van der Waals surface area contributed by atoms with Gasteiger partial charge in [-0.05, 0) is 47.1 Å². The lowest BCUT2D eigenvalue weighted by atomic mass is 10.0. The molecule has 25 heavy (non-hydrogen) atoms. The summed E-state index contributed by atoms with van der Waals surface area (Å²) in [7, 11) is 0. The van der Waals surface area contributed by atoms with Crippen molar-refractivity contribution in [1.82, 2.24) is 9.55 Å². The number of fused-ring (bicyclic) bond motifs is 1. The van der Waals surface area contributed by atoms with E-state index in [1.807, 2.05) is 30.6 Å². The standard InChI is InChI=1S/C23H18N2/c1-3-8-19(9-4-1)18-22(20-10-5-2-6-11-20)14-17-25-16-13-21-12-7-15-24-23(21)25/h1-18H/b17-14+,22-18-. The molecule has 2 heteroatoms. The highest BCUT2D eigenvalue weighted by molar-refractivity contribution is 5.89. The van der Waals surface area contributed by atoms with Gasteiger partial charge in [-0.2, -0.15) is 0 Å². The first kappa shape index (κ1) is 15.2. The summed E-state index contributed by atoms with van der Waals surface area (Å²) in [5.74, 6) is 0. The molecule has 2 heterocycles. The van der Waals surface area contributed by atoms with Gasteiger partial charge in [0.1, 0.15) is 5.65 Å². The highest BCUT2D eigenvalue weighted by atomic mass is 15.0. The lowest BCUT2D eigenvalue weighted by Crippen LogP contribution is -1.87. The zero-order chi connectivity index (χ0) is 16.9. The van der Waals surface area contributed by atoms with Crippen LogP contribution < -0.4 is 0 Å². The van der Waals surface area contributed by atoms with Gasteiger partial charge in [0, 0.05) is 24.0 Å². The maximum absolute atomic E-state index is 4.47. The molecule has 2 nitrogen and oxygen atoms in total. The largest absolute Gasteiger partial charge is 0.308 e. The van der Waals surface area contributed by atoms with Crippen molar-refractivity contribution in [1.29, 1.82) is 0 Å². The maximum atomic E-state index is 4.47. The van der Waals surface area contributed by atoms with Crippen LogP contribution in [0.15, 0.2) is 97.3 Å². The molecule has 4 rings (SSSR count). The van der Waals surface area contributed by atoms with Gasteiger partial charge in [-0.25, -0.2) is 4.98 Å². The van der Waals surface area contributed by atoms with Crippen LogP contribution in [0.1, 0.15) is 11.1 Å². The van der Waals surface area contributed by atoms with Gasteiger partial charge in [0.25, 0.3) is 0 Å². The number of nitrogens with zero attached hydrogens (tertiary/aromatic N) is 2. The maximum Gasteiger partial charge on any atom is 0.143 e. The molecule has 0 N–H and O–H groups in total. The van der Waals surface area contributed by atoms with Crippen molar-refractivity contribution in [3.05, 3.63) is 108 Å². The van der Waals surface area contributed by atoms with Crippen LogP contribution in [0.2, 0.25) is 0 Å². The molecule has 0 saturated heterocycles. The summed E-state index contributed by atoms with van der Waals surface area (Å²) in [5, 5.41) is 1.14. The minimum atomic E-state index is 0.964. The van der Waals surface area contributed by atoms with Crippen molar-refractivity contribution in [3.63, 3.8) is 0 Å². The van der Waals surface area contributed by atoms with Crippen LogP contribution in [0.5, 0.6) is 0 Å². The average Bonchev–Trinajstić information content (AvgIpc) is 3.10. The zero-order valence-corrected chi connectivity index (χ0v) is 13.8. The molecule has 4 aromatic rings. The second-order valence-corrected chi connectivity index (χ2v) is 5.83. The van der Waals surface area contributed by atoms with E-state index < -0.39 is 0 Å². The predicted molar refractivity (Wildman–Crippen MR) is 106 cm³/mol. The average molecular weight is 322 g/mol. The number of benzene rings is 2. The topological polar surface area (TPSA) is 17.8 Å². The van der Waals surface area contributed by atoms with Crippen molar-refractivity contribution < 1.29 is 0 Å². The van der Waals surface area contributed by atoms with Crippen LogP contribution in [0, 0.1) is 0 Å². The molecule has 0 spiro atoms. The Bertz CT molecular complexity index is 1030. The van der Waals surface area contributed by atoms with Crippen molar-refractivity contribution in [3.8, 4) is 0 Å². The third-order valence-corrected chi connectivity index (χ3v) is 4.12. The molecule has 2 aromatic carbocycles. The fourth-order valence-corrected chi connectivity index (χ4v) is 2.85. The van der Waals surface area contributed by atoms with Gasteiger partial charge in [-0.1, -0.05) is 60.7 Å². The minimum absolute atomic E-state index is 0.964. The van der Waals surface area contributed by atoms with E-state index in [9.17, 15) is 0 Å². The third-order valence-electron chi connectivity index (χ3n) is 4.12. The molecule has 0 unspecified atom stereocenters. The van der Waals surface area contributed by atoms with E-state index in [-0.39, 0.29) is 0 Å². The fraction of sp³-hybridized carbons (Fsp3) is 0. The number of allylic oxidation sites excluding steroid dienone is 2. The summed E-state index contributed by atoms with van der Waals surface area (Å²) in [5.41, 5.74) is 4.49. The number of hydrogen-bond acceptors (Lipinski definition) is 1. The van der Waals surface area contributed by atoms with Gasteiger partial charge in [-0.15, -0.1) is 0 Å². The molecular weight excluding hydrogens is 304 g/mol. The molecule has 0 amide bonds. The highest BCUT2D eigenvalue weighted by Crippen LogP contribution is 2.21. The zero-order valence-electron chi connectivity index (χ0n) is 13.8.